The third kappa shape index (κ3) is 4.41. The molecule has 21 heavy (non-hydrogen) atoms. The van der Waals surface area contributed by atoms with Crippen LogP contribution in [0.3, 0.4) is 0 Å². The molecule has 1 aromatic carbocycles. The number of aromatic nitrogens is 1. The topological polar surface area (TPSA) is 51.4 Å². The number of fused-ring (bicyclic) bond motifs is 1. The van der Waals surface area contributed by atoms with Crippen molar-refractivity contribution in [2.24, 2.45) is 5.92 Å². The highest BCUT2D eigenvalue weighted by Gasteiger charge is 2.10. The van der Waals surface area contributed by atoms with Gasteiger partial charge < -0.3 is 10.5 Å². The first-order valence-electron chi connectivity index (χ1n) is 7.45. The van der Waals surface area contributed by atoms with Crippen LogP contribution in [0.1, 0.15) is 19.5 Å². The van der Waals surface area contributed by atoms with E-state index in [0.29, 0.717) is 5.92 Å². The molecule has 0 unspecified atom stereocenters. The molecule has 0 radical (unpaired) electrons. The van der Waals surface area contributed by atoms with E-state index in [2.05, 4.69) is 18.7 Å². The van der Waals surface area contributed by atoms with E-state index < -0.39 is 0 Å². The molecule has 2 aromatic rings. The van der Waals surface area contributed by atoms with Crippen molar-refractivity contribution < 1.29 is 4.74 Å². The van der Waals surface area contributed by atoms with E-state index >= 15 is 0 Å². The Hall–Kier alpha value is -1.65. The monoisotopic (exact) mass is 287 g/mol. The SMILES string of the molecule is COCCN(Cc1cc(N)c2ccccc2n1)CC(C)C. The molecule has 0 atom stereocenters. The number of para-hydroxylation sites is 1. The zero-order chi connectivity index (χ0) is 15.2. The van der Waals surface area contributed by atoms with Crippen molar-refractivity contribution in [2.45, 2.75) is 20.4 Å². The first kappa shape index (κ1) is 15.7. The predicted octanol–water partition coefficient (Wildman–Crippen LogP) is 2.92. The second-order valence-electron chi connectivity index (χ2n) is 5.84. The first-order valence-corrected chi connectivity index (χ1v) is 7.45. The Bertz CT molecular complexity index is 583. The van der Waals surface area contributed by atoms with Crippen LogP contribution >= 0.6 is 0 Å². The summed E-state index contributed by atoms with van der Waals surface area (Å²) in [7, 11) is 1.74. The number of benzene rings is 1. The predicted molar refractivity (Wildman–Crippen MR) is 88.1 cm³/mol. The number of hydrogen-bond acceptors (Lipinski definition) is 4. The Morgan fingerprint density at radius 1 is 1.29 bits per heavy atom. The number of pyridine rings is 1. The Balaban J connectivity index is 2.19. The van der Waals surface area contributed by atoms with Gasteiger partial charge in [-0.1, -0.05) is 32.0 Å². The number of nitrogens with two attached hydrogens (primary N) is 1. The van der Waals surface area contributed by atoms with E-state index in [4.69, 9.17) is 15.5 Å². The van der Waals surface area contributed by atoms with Gasteiger partial charge in [0.2, 0.25) is 0 Å². The van der Waals surface area contributed by atoms with Crippen LogP contribution in [0.25, 0.3) is 10.9 Å². The molecule has 114 valence electrons. The summed E-state index contributed by atoms with van der Waals surface area (Å²) in [4.78, 5) is 7.09. The molecule has 0 aliphatic rings. The number of hydrogen-bond donors (Lipinski definition) is 1. The van der Waals surface area contributed by atoms with Crippen molar-refractivity contribution in [1.29, 1.82) is 0 Å². The maximum atomic E-state index is 6.15. The number of nitrogen functional groups attached to an aromatic ring is 1. The Morgan fingerprint density at radius 3 is 2.76 bits per heavy atom. The fourth-order valence-corrected chi connectivity index (χ4v) is 2.54. The van der Waals surface area contributed by atoms with E-state index in [1.165, 1.54) is 0 Å². The molecule has 0 saturated heterocycles. The average Bonchev–Trinajstić information content (AvgIpc) is 2.44. The van der Waals surface area contributed by atoms with Gasteiger partial charge in [-0.3, -0.25) is 9.88 Å². The molecule has 0 spiro atoms. The molecule has 0 aliphatic heterocycles. The minimum absolute atomic E-state index is 0.611. The van der Waals surface area contributed by atoms with Gasteiger partial charge in [0.1, 0.15) is 0 Å². The lowest BCUT2D eigenvalue weighted by Gasteiger charge is -2.23. The maximum absolute atomic E-state index is 6.15. The summed E-state index contributed by atoms with van der Waals surface area (Å²) >= 11 is 0. The Morgan fingerprint density at radius 2 is 2.05 bits per heavy atom. The van der Waals surface area contributed by atoms with Gasteiger partial charge in [0.05, 0.1) is 17.8 Å². The van der Waals surface area contributed by atoms with Crippen LogP contribution in [-0.4, -0.2) is 36.7 Å². The van der Waals surface area contributed by atoms with Crippen molar-refractivity contribution in [1.82, 2.24) is 9.88 Å². The normalized spacial score (nSPS) is 11.7. The van der Waals surface area contributed by atoms with Crippen LogP contribution in [0.2, 0.25) is 0 Å². The first-order chi connectivity index (χ1) is 10.1. The minimum atomic E-state index is 0.611. The van der Waals surface area contributed by atoms with Gasteiger partial charge in [-0.15, -0.1) is 0 Å². The number of methoxy groups -OCH3 is 1. The van der Waals surface area contributed by atoms with Gasteiger partial charge in [-0.25, -0.2) is 0 Å². The summed E-state index contributed by atoms with van der Waals surface area (Å²) in [5, 5.41) is 1.02. The van der Waals surface area contributed by atoms with E-state index in [1.807, 2.05) is 30.3 Å². The minimum Gasteiger partial charge on any atom is -0.398 e. The molecule has 1 heterocycles. The largest absolute Gasteiger partial charge is 0.398 e. The fraction of sp³-hybridized carbons (Fsp3) is 0.471. The molecule has 2 rings (SSSR count). The van der Waals surface area contributed by atoms with E-state index in [0.717, 1.165) is 48.5 Å². The van der Waals surface area contributed by atoms with Gasteiger partial charge in [-0.2, -0.15) is 0 Å². The van der Waals surface area contributed by atoms with Crippen molar-refractivity contribution in [3.8, 4) is 0 Å². The zero-order valence-corrected chi connectivity index (χ0v) is 13.2. The zero-order valence-electron chi connectivity index (χ0n) is 13.2. The van der Waals surface area contributed by atoms with E-state index in [1.54, 1.807) is 7.11 Å². The lowest BCUT2D eigenvalue weighted by molar-refractivity contribution is 0.135. The van der Waals surface area contributed by atoms with Crippen molar-refractivity contribution in [3.05, 3.63) is 36.0 Å². The molecule has 0 amide bonds. The highest BCUT2D eigenvalue weighted by atomic mass is 16.5. The molecule has 2 N–H and O–H groups in total. The van der Waals surface area contributed by atoms with Crippen LogP contribution in [0.4, 0.5) is 5.69 Å². The number of ether oxygens (including phenoxy) is 1. The van der Waals surface area contributed by atoms with Crippen molar-refractivity contribution >= 4 is 16.6 Å². The van der Waals surface area contributed by atoms with Crippen LogP contribution in [0.5, 0.6) is 0 Å². The van der Waals surface area contributed by atoms with Gasteiger partial charge in [0.25, 0.3) is 0 Å². The summed E-state index contributed by atoms with van der Waals surface area (Å²) < 4.78 is 5.20. The van der Waals surface area contributed by atoms with Crippen LogP contribution in [0, 0.1) is 5.92 Å². The lowest BCUT2D eigenvalue weighted by atomic mass is 10.1. The average molecular weight is 287 g/mol. The molecule has 0 fully saturated rings. The summed E-state index contributed by atoms with van der Waals surface area (Å²) in [6.07, 6.45) is 0. The van der Waals surface area contributed by atoms with Crippen LogP contribution < -0.4 is 5.73 Å². The molecule has 4 heteroatoms. The van der Waals surface area contributed by atoms with Crippen molar-refractivity contribution in [2.75, 3.05) is 32.5 Å². The molecular formula is C17H25N3O. The highest BCUT2D eigenvalue weighted by Crippen LogP contribution is 2.21. The lowest BCUT2D eigenvalue weighted by Crippen LogP contribution is -2.31. The van der Waals surface area contributed by atoms with E-state index in [-0.39, 0.29) is 0 Å². The van der Waals surface area contributed by atoms with Gasteiger partial charge in [0, 0.05) is 37.8 Å². The quantitative estimate of drug-likeness (QED) is 0.850. The van der Waals surface area contributed by atoms with Crippen LogP contribution in [-0.2, 0) is 11.3 Å². The van der Waals surface area contributed by atoms with Gasteiger partial charge >= 0.3 is 0 Å². The van der Waals surface area contributed by atoms with Crippen LogP contribution in [0.15, 0.2) is 30.3 Å². The van der Waals surface area contributed by atoms with Gasteiger partial charge in [-0.05, 0) is 18.1 Å². The standard InChI is InChI=1S/C17H25N3O/c1-13(2)11-20(8-9-21-3)12-14-10-16(18)15-6-4-5-7-17(15)19-14/h4-7,10,13H,8-9,11-12H2,1-3H3,(H2,18,19). The fourth-order valence-electron chi connectivity index (χ4n) is 2.54. The number of rotatable bonds is 7. The Kier molecular flexibility index (Phi) is 5.53. The summed E-state index contributed by atoms with van der Waals surface area (Å²) in [5.74, 6) is 0.611. The van der Waals surface area contributed by atoms with Crippen molar-refractivity contribution in [3.63, 3.8) is 0 Å². The molecule has 4 nitrogen and oxygen atoms in total. The second kappa shape index (κ2) is 7.38. The summed E-state index contributed by atoms with van der Waals surface area (Å²) in [6.45, 7) is 7.91. The number of anilines is 1. The molecular weight excluding hydrogens is 262 g/mol. The van der Waals surface area contributed by atoms with Gasteiger partial charge in [0.15, 0.2) is 0 Å². The summed E-state index contributed by atoms with van der Waals surface area (Å²) in [6, 6.07) is 10.00. The smallest absolute Gasteiger partial charge is 0.0726 e. The molecule has 0 bridgehead atoms. The summed E-state index contributed by atoms with van der Waals surface area (Å²) in [5.41, 5.74) is 8.93. The number of nitrogens with zero attached hydrogens (tertiary/aromatic N) is 2. The molecule has 0 saturated carbocycles. The highest BCUT2D eigenvalue weighted by molar-refractivity contribution is 5.90. The second-order valence-corrected chi connectivity index (χ2v) is 5.84. The third-order valence-corrected chi connectivity index (χ3v) is 3.42. The Labute approximate surface area is 126 Å². The maximum Gasteiger partial charge on any atom is 0.0726 e. The third-order valence-electron chi connectivity index (χ3n) is 3.42. The molecule has 1 aromatic heterocycles. The molecule has 0 aliphatic carbocycles. The van der Waals surface area contributed by atoms with E-state index in [9.17, 15) is 0 Å².